The van der Waals surface area contributed by atoms with Gasteiger partial charge in [-0.05, 0) is 54.3 Å². The van der Waals surface area contributed by atoms with Gasteiger partial charge < -0.3 is 9.88 Å². The molecule has 0 bridgehead atoms. The van der Waals surface area contributed by atoms with E-state index in [1.807, 2.05) is 71.5 Å². The molecular formula is C21H17N3OS. The third-order valence-electron chi connectivity index (χ3n) is 4.14. The van der Waals surface area contributed by atoms with Crippen molar-refractivity contribution in [1.29, 1.82) is 0 Å². The van der Waals surface area contributed by atoms with Gasteiger partial charge in [-0.25, -0.2) is 4.98 Å². The highest BCUT2D eigenvalue weighted by atomic mass is 32.1. The van der Waals surface area contributed by atoms with Crippen molar-refractivity contribution in [2.24, 2.45) is 0 Å². The van der Waals surface area contributed by atoms with Gasteiger partial charge in [0.1, 0.15) is 0 Å². The van der Waals surface area contributed by atoms with E-state index in [1.165, 1.54) is 0 Å². The molecule has 0 aliphatic rings. The van der Waals surface area contributed by atoms with Crippen LogP contribution >= 0.6 is 11.3 Å². The monoisotopic (exact) mass is 359 g/mol. The Morgan fingerprint density at radius 2 is 1.96 bits per heavy atom. The minimum atomic E-state index is -0.122. The molecule has 1 N–H and O–H groups in total. The van der Waals surface area contributed by atoms with Crippen LogP contribution in [0.3, 0.4) is 0 Å². The molecule has 0 aliphatic heterocycles. The number of benzene rings is 2. The minimum absolute atomic E-state index is 0.122. The third-order valence-corrected chi connectivity index (χ3v) is 5.06. The van der Waals surface area contributed by atoms with Crippen molar-refractivity contribution in [2.75, 3.05) is 5.32 Å². The molecule has 2 aromatic carbocycles. The topological polar surface area (TPSA) is 46.9 Å². The molecule has 26 heavy (non-hydrogen) atoms. The highest BCUT2D eigenvalue weighted by molar-refractivity contribution is 7.13. The molecule has 4 rings (SSSR count). The molecule has 0 aliphatic carbocycles. The van der Waals surface area contributed by atoms with Gasteiger partial charge in [0.15, 0.2) is 0 Å². The van der Waals surface area contributed by atoms with Crippen molar-refractivity contribution >= 4 is 22.9 Å². The predicted octanol–water partition coefficient (Wildman–Crippen LogP) is 5.16. The van der Waals surface area contributed by atoms with Crippen LogP contribution in [0.1, 0.15) is 16.1 Å². The van der Waals surface area contributed by atoms with Crippen LogP contribution in [0.2, 0.25) is 0 Å². The summed E-state index contributed by atoms with van der Waals surface area (Å²) in [5.41, 5.74) is 4.44. The first-order valence-electron chi connectivity index (χ1n) is 8.25. The fraction of sp³-hybridized carbons (Fsp3) is 0.0476. The number of carbonyl (C=O) groups excluding carboxylic acids is 1. The van der Waals surface area contributed by atoms with Gasteiger partial charge in [-0.15, -0.1) is 11.3 Å². The minimum Gasteiger partial charge on any atom is -0.322 e. The molecule has 2 heterocycles. The largest absolute Gasteiger partial charge is 0.322 e. The molecule has 0 spiro atoms. The van der Waals surface area contributed by atoms with Gasteiger partial charge in [0.25, 0.3) is 5.91 Å². The lowest BCUT2D eigenvalue weighted by Crippen LogP contribution is -2.12. The molecule has 5 heteroatoms. The van der Waals surface area contributed by atoms with E-state index in [-0.39, 0.29) is 5.91 Å². The van der Waals surface area contributed by atoms with Gasteiger partial charge in [-0.2, -0.15) is 0 Å². The van der Waals surface area contributed by atoms with E-state index >= 15 is 0 Å². The molecular weight excluding hydrogens is 342 g/mol. The maximum atomic E-state index is 12.7. The van der Waals surface area contributed by atoms with E-state index in [4.69, 9.17) is 0 Å². The first kappa shape index (κ1) is 16.3. The highest BCUT2D eigenvalue weighted by Gasteiger charge is 2.09. The lowest BCUT2D eigenvalue weighted by Gasteiger charge is -2.10. The van der Waals surface area contributed by atoms with Crippen molar-refractivity contribution < 1.29 is 4.79 Å². The molecule has 0 saturated heterocycles. The lowest BCUT2D eigenvalue weighted by atomic mass is 10.1. The Morgan fingerprint density at radius 3 is 2.73 bits per heavy atom. The second-order valence-corrected chi connectivity index (χ2v) is 6.92. The molecule has 1 amide bonds. The zero-order chi connectivity index (χ0) is 17.9. The van der Waals surface area contributed by atoms with Crippen LogP contribution < -0.4 is 5.32 Å². The number of nitrogens with one attached hydrogen (secondary N) is 1. The van der Waals surface area contributed by atoms with E-state index in [0.717, 1.165) is 27.5 Å². The van der Waals surface area contributed by atoms with Crippen molar-refractivity contribution in [3.05, 3.63) is 89.8 Å². The Balaban J connectivity index is 1.57. The molecule has 4 nitrogen and oxygen atoms in total. The normalized spacial score (nSPS) is 10.7. The SMILES string of the molecule is Cc1cncn1-c1cccc(NC(=O)c2cccc(-c3cccs3)c2)c1. The summed E-state index contributed by atoms with van der Waals surface area (Å²) in [6, 6.07) is 19.5. The summed E-state index contributed by atoms with van der Waals surface area (Å²) in [7, 11) is 0. The molecule has 0 unspecified atom stereocenters. The van der Waals surface area contributed by atoms with E-state index in [1.54, 1.807) is 23.9 Å². The second kappa shape index (κ2) is 6.98. The van der Waals surface area contributed by atoms with E-state index < -0.39 is 0 Å². The number of aryl methyl sites for hydroxylation is 1. The first-order valence-corrected chi connectivity index (χ1v) is 9.13. The number of imidazole rings is 1. The van der Waals surface area contributed by atoms with Gasteiger partial charge in [-0.3, -0.25) is 4.79 Å². The smallest absolute Gasteiger partial charge is 0.255 e. The summed E-state index contributed by atoms with van der Waals surface area (Å²) in [5.74, 6) is -0.122. The summed E-state index contributed by atoms with van der Waals surface area (Å²) >= 11 is 1.66. The van der Waals surface area contributed by atoms with Gasteiger partial charge >= 0.3 is 0 Å². The molecule has 0 radical (unpaired) electrons. The van der Waals surface area contributed by atoms with Crippen molar-refractivity contribution in [1.82, 2.24) is 9.55 Å². The Hall–Kier alpha value is -3.18. The van der Waals surface area contributed by atoms with E-state index in [9.17, 15) is 4.79 Å². The Morgan fingerprint density at radius 1 is 1.08 bits per heavy atom. The summed E-state index contributed by atoms with van der Waals surface area (Å²) in [5, 5.41) is 5.02. The summed E-state index contributed by atoms with van der Waals surface area (Å²) in [4.78, 5) is 18.0. The molecule has 0 fully saturated rings. The number of anilines is 1. The van der Waals surface area contributed by atoms with Crippen molar-refractivity contribution in [2.45, 2.75) is 6.92 Å². The number of aromatic nitrogens is 2. The highest BCUT2D eigenvalue weighted by Crippen LogP contribution is 2.25. The number of amides is 1. The third kappa shape index (κ3) is 3.30. The van der Waals surface area contributed by atoms with Crippen LogP contribution in [-0.4, -0.2) is 15.5 Å². The van der Waals surface area contributed by atoms with Crippen LogP contribution in [0, 0.1) is 6.92 Å². The number of rotatable bonds is 4. The Kier molecular flexibility index (Phi) is 4.37. The van der Waals surface area contributed by atoms with Gasteiger partial charge in [0.2, 0.25) is 0 Å². The maximum Gasteiger partial charge on any atom is 0.255 e. The fourth-order valence-corrected chi connectivity index (χ4v) is 3.55. The molecule has 2 aromatic heterocycles. The number of hydrogen-bond donors (Lipinski definition) is 1. The van der Waals surface area contributed by atoms with E-state index in [2.05, 4.69) is 16.4 Å². The summed E-state index contributed by atoms with van der Waals surface area (Å²) < 4.78 is 1.98. The predicted molar refractivity (Wildman–Crippen MR) is 106 cm³/mol. The number of nitrogens with zero attached hydrogens (tertiary/aromatic N) is 2. The van der Waals surface area contributed by atoms with Gasteiger partial charge in [0.05, 0.1) is 6.33 Å². The lowest BCUT2D eigenvalue weighted by molar-refractivity contribution is 0.102. The zero-order valence-electron chi connectivity index (χ0n) is 14.2. The number of thiophene rings is 1. The standard InChI is InChI=1S/C21H17N3OS/c1-15-13-22-14-24(15)19-8-3-7-18(12-19)23-21(25)17-6-2-5-16(11-17)20-9-4-10-26-20/h2-14H,1H3,(H,23,25). The van der Waals surface area contributed by atoms with Crippen LogP contribution in [0.4, 0.5) is 5.69 Å². The number of carbonyl (C=O) groups is 1. The molecule has 128 valence electrons. The van der Waals surface area contributed by atoms with Crippen LogP contribution in [0.25, 0.3) is 16.1 Å². The van der Waals surface area contributed by atoms with Crippen molar-refractivity contribution in [3.8, 4) is 16.1 Å². The van der Waals surface area contributed by atoms with Crippen LogP contribution in [0.5, 0.6) is 0 Å². The maximum absolute atomic E-state index is 12.7. The molecule has 4 aromatic rings. The second-order valence-electron chi connectivity index (χ2n) is 5.97. The number of hydrogen-bond acceptors (Lipinski definition) is 3. The molecule has 0 atom stereocenters. The van der Waals surface area contributed by atoms with Crippen LogP contribution in [-0.2, 0) is 0 Å². The first-order chi connectivity index (χ1) is 12.7. The molecule has 0 saturated carbocycles. The zero-order valence-corrected chi connectivity index (χ0v) is 15.0. The van der Waals surface area contributed by atoms with Crippen molar-refractivity contribution in [3.63, 3.8) is 0 Å². The average molecular weight is 359 g/mol. The van der Waals surface area contributed by atoms with Gasteiger partial charge in [-0.1, -0.05) is 24.3 Å². The van der Waals surface area contributed by atoms with E-state index in [0.29, 0.717) is 5.56 Å². The quantitative estimate of drug-likeness (QED) is 0.547. The van der Waals surface area contributed by atoms with Crippen LogP contribution in [0.15, 0.2) is 78.6 Å². The Bertz CT molecular complexity index is 1050. The average Bonchev–Trinajstić information content (AvgIpc) is 3.34. The summed E-state index contributed by atoms with van der Waals surface area (Å²) in [6.45, 7) is 1.99. The fourth-order valence-electron chi connectivity index (χ4n) is 2.82. The van der Waals surface area contributed by atoms with Gasteiger partial charge in [0, 0.05) is 33.7 Å². The summed E-state index contributed by atoms with van der Waals surface area (Å²) in [6.07, 6.45) is 3.57. The Labute approximate surface area is 155 Å².